The fourth-order valence-corrected chi connectivity index (χ4v) is 12.0. The van der Waals surface area contributed by atoms with Crippen LogP contribution in [0.3, 0.4) is 0 Å². The molecule has 8 heteroatoms. The smallest absolute Gasteiger partial charge is 0.200 e. The van der Waals surface area contributed by atoms with Crippen molar-refractivity contribution in [2.24, 2.45) is 0 Å². The summed E-state index contributed by atoms with van der Waals surface area (Å²) in [4.78, 5) is 0. The highest BCUT2D eigenvalue weighted by Gasteiger charge is 2.50. The van der Waals surface area contributed by atoms with Crippen LogP contribution in [0, 0.1) is 0 Å². The maximum Gasteiger partial charge on any atom is 0.200 e. The van der Waals surface area contributed by atoms with Gasteiger partial charge < -0.3 is 28.5 Å². The van der Waals surface area contributed by atoms with Crippen molar-refractivity contribution in [2.45, 2.75) is 115 Å². The van der Waals surface area contributed by atoms with Crippen LogP contribution in [0.4, 0.5) is 0 Å². The molecular weight excluding hydrogens is 612 g/mol. The fourth-order valence-electron chi connectivity index (χ4n) is 6.25. The molecule has 0 amide bonds. The van der Waals surface area contributed by atoms with Crippen LogP contribution in [0.25, 0.3) is 0 Å². The van der Waals surface area contributed by atoms with Crippen molar-refractivity contribution < 1.29 is 28.5 Å². The molecular formula is C34H51BrO6Si. The first-order valence-corrected chi connectivity index (χ1v) is 18.2. The zero-order chi connectivity index (χ0) is 30.7. The van der Waals surface area contributed by atoms with Crippen molar-refractivity contribution in [3.63, 3.8) is 0 Å². The quantitative estimate of drug-likeness (QED) is 0.105. The van der Waals surface area contributed by atoms with E-state index in [9.17, 15) is 5.11 Å². The second-order valence-corrected chi connectivity index (χ2v) is 18.5. The largest absolute Gasteiger partial charge is 0.413 e. The Morgan fingerprint density at radius 2 is 1.43 bits per heavy atom. The van der Waals surface area contributed by atoms with Crippen molar-refractivity contribution >= 4 is 24.2 Å². The van der Waals surface area contributed by atoms with E-state index in [0.29, 0.717) is 43.1 Å². The molecule has 2 aromatic rings. The lowest BCUT2D eigenvalue weighted by Crippen LogP contribution is -2.62. The van der Waals surface area contributed by atoms with E-state index in [-0.39, 0.29) is 0 Å². The van der Waals surface area contributed by atoms with Crippen LogP contribution >= 0.6 is 15.9 Å². The van der Waals surface area contributed by atoms with Gasteiger partial charge >= 0.3 is 0 Å². The predicted molar refractivity (Wildman–Crippen MR) is 175 cm³/mol. The Hall–Kier alpha value is -1.36. The van der Waals surface area contributed by atoms with Crippen LogP contribution in [0.15, 0.2) is 71.7 Å². The van der Waals surface area contributed by atoms with Gasteiger partial charge in [0.2, 0.25) is 0 Å². The highest BCUT2D eigenvalue weighted by Crippen LogP contribution is 2.43. The van der Waals surface area contributed by atoms with E-state index in [1.165, 1.54) is 0 Å². The van der Waals surface area contributed by atoms with Crippen molar-refractivity contribution in [1.82, 2.24) is 0 Å². The lowest BCUT2D eigenvalue weighted by molar-refractivity contribution is -0.316. The fraction of sp³-hybridized carbons (Fsp3) is 0.588. The first-order chi connectivity index (χ1) is 20.1. The molecule has 1 fully saturated rings. The van der Waals surface area contributed by atoms with Gasteiger partial charge in [-0.3, -0.25) is 0 Å². The molecule has 0 spiro atoms. The minimum absolute atomic E-state index is 0.319. The summed E-state index contributed by atoms with van der Waals surface area (Å²) in [5.41, 5.74) is 3.31. The molecule has 0 unspecified atom stereocenters. The maximum atomic E-state index is 11.6. The van der Waals surface area contributed by atoms with Crippen molar-refractivity contribution in [3.8, 4) is 0 Å². The van der Waals surface area contributed by atoms with E-state index in [4.69, 9.17) is 23.4 Å². The minimum atomic E-state index is -2.20. The topological polar surface area (TPSA) is 66.4 Å². The monoisotopic (exact) mass is 662 g/mol. The number of allylic oxidation sites excluding steroid dienone is 1. The summed E-state index contributed by atoms with van der Waals surface area (Å²) in [5, 5.41) is 11.6. The number of benzene rings is 2. The molecule has 1 N–H and O–H groups in total. The Kier molecular flexibility index (Phi) is 14.4. The molecule has 1 aliphatic rings. The molecule has 1 saturated heterocycles. The van der Waals surface area contributed by atoms with E-state index in [0.717, 1.165) is 28.4 Å². The van der Waals surface area contributed by atoms with Gasteiger partial charge in [-0.15, -0.1) is 6.58 Å². The van der Waals surface area contributed by atoms with Crippen LogP contribution < -0.4 is 0 Å². The number of hydrogen-bond donors (Lipinski definition) is 1. The molecule has 0 saturated carbocycles. The molecule has 5 atom stereocenters. The average molecular weight is 664 g/mol. The van der Waals surface area contributed by atoms with Gasteiger partial charge in [-0.1, -0.05) is 106 Å². The number of halogens is 1. The predicted octanol–water partition coefficient (Wildman–Crippen LogP) is 8.18. The zero-order valence-electron chi connectivity index (χ0n) is 26.2. The summed E-state index contributed by atoms with van der Waals surface area (Å²) in [5.74, 6) is 0. The summed E-state index contributed by atoms with van der Waals surface area (Å²) >= 11 is 3.50. The lowest BCUT2D eigenvalue weighted by atomic mass is 9.98. The van der Waals surface area contributed by atoms with E-state index in [1.54, 1.807) is 0 Å². The average Bonchev–Trinajstić information content (AvgIpc) is 2.96. The van der Waals surface area contributed by atoms with Crippen molar-refractivity contribution in [2.75, 3.05) is 13.2 Å². The Bertz CT molecular complexity index is 1030. The van der Waals surface area contributed by atoms with Crippen LogP contribution in [0.5, 0.6) is 0 Å². The third-order valence-electron chi connectivity index (χ3n) is 8.29. The van der Waals surface area contributed by atoms with Gasteiger partial charge in [0.15, 0.2) is 14.6 Å². The molecule has 3 rings (SSSR count). The lowest BCUT2D eigenvalue weighted by Gasteiger charge is -2.47. The highest BCUT2D eigenvalue weighted by molar-refractivity contribution is 9.10. The summed E-state index contributed by atoms with van der Waals surface area (Å²) in [6, 6.07) is 18.0. The number of rotatable bonds is 17. The van der Waals surface area contributed by atoms with Crippen LogP contribution in [0.1, 0.15) is 65.5 Å². The Balaban J connectivity index is 1.91. The second kappa shape index (κ2) is 17.2. The second-order valence-electron chi connectivity index (χ2n) is 12.1. The molecule has 6 nitrogen and oxygen atoms in total. The van der Waals surface area contributed by atoms with Crippen LogP contribution in [-0.4, -0.2) is 57.3 Å². The molecule has 0 radical (unpaired) electrons. The summed E-state index contributed by atoms with van der Waals surface area (Å²) in [6.45, 7) is 18.9. The Labute approximate surface area is 263 Å². The van der Waals surface area contributed by atoms with Crippen molar-refractivity contribution in [1.29, 1.82) is 0 Å². The molecule has 0 aromatic heterocycles. The van der Waals surface area contributed by atoms with Gasteiger partial charge in [0.25, 0.3) is 0 Å². The summed E-state index contributed by atoms with van der Waals surface area (Å²) in [6.07, 6.45) is -0.151. The highest BCUT2D eigenvalue weighted by atomic mass is 79.9. The van der Waals surface area contributed by atoms with Gasteiger partial charge in [-0.25, -0.2) is 0 Å². The van der Waals surface area contributed by atoms with E-state index in [1.807, 2.05) is 60.7 Å². The number of unbranched alkanes of at least 4 members (excludes halogenated alkanes) is 1. The molecule has 42 heavy (non-hydrogen) atoms. The van der Waals surface area contributed by atoms with E-state index < -0.39 is 39.0 Å². The number of aliphatic hydroxyl groups is 1. The van der Waals surface area contributed by atoms with E-state index >= 15 is 0 Å². The first kappa shape index (κ1) is 35.1. The van der Waals surface area contributed by atoms with Gasteiger partial charge in [0.05, 0.1) is 26.4 Å². The SMILES string of the molecule is C=CCCCO[C@@H]1O[C@H](CO[Si](C(C)C)(C(C)C)C(C)C)[C@@H](OCc2ccccc2)[C@H](OCc2ccc(Br)cc2)[C@H]1O. The van der Waals surface area contributed by atoms with E-state index in [2.05, 4.69) is 64.1 Å². The number of aliphatic hydroxyl groups excluding tert-OH is 1. The maximum absolute atomic E-state index is 11.6. The molecule has 0 aliphatic carbocycles. The van der Waals surface area contributed by atoms with Crippen molar-refractivity contribution in [3.05, 3.63) is 82.9 Å². The van der Waals surface area contributed by atoms with Gasteiger partial charge in [0.1, 0.15) is 24.4 Å². The van der Waals surface area contributed by atoms with Gasteiger partial charge in [0, 0.05) is 4.47 Å². The third-order valence-corrected chi connectivity index (χ3v) is 14.9. The molecule has 2 aromatic carbocycles. The zero-order valence-corrected chi connectivity index (χ0v) is 28.8. The normalized spacial score (nSPS) is 23.2. The number of hydrogen-bond acceptors (Lipinski definition) is 6. The summed E-state index contributed by atoms with van der Waals surface area (Å²) < 4.78 is 33.6. The van der Waals surface area contributed by atoms with Gasteiger partial charge in [-0.2, -0.15) is 0 Å². The third kappa shape index (κ3) is 9.32. The van der Waals surface area contributed by atoms with Gasteiger partial charge in [-0.05, 0) is 52.7 Å². The first-order valence-electron chi connectivity index (χ1n) is 15.3. The Morgan fingerprint density at radius 3 is 2.00 bits per heavy atom. The molecule has 1 aliphatic heterocycles. The molecule has 234 valence electrons. The summed E-state index contributed by atoms with van der Waals surface area (Å²) in [7, 11) is -2.20. The molecule has 1 heterocycles. The van der Waals surface area contributed by atoms with Crippen LogP contribution in [0.2, 0.25) is 16.6 Å². The Morgan fingerprint density at radius 1 is 0.857 bits per heavy atom. The minimum Gasteiger partial charge on any atom is -0.413 e. The molecule has 0 bridgehead atoms. The number of ether oxygens (including phenoxy) is 4. The van der Waals surface area contributed by atoms with Crippen LogP contribution in [-0.2, 0) is 36.6 Å². The standard InChI is InChI=1S/C34H51BrO6Si/c1-8-9-13-20-37-34-31(36)33(39-22-28-16-18-29(35)19-17-28)32(38-21-27-14-11-10-12-15-27)30(41-34)23-40-42(24(2)3,25(4)5)26(6)7/h8,10-12,14-19,24-26,30-34,36H,1,9,13,20-23H2,2-7H3/t30-,31-,32-,33-,34-/m1/s1.